The van der Waals surface area contributed by atoms with Gasteiger partial charge in [-0.2, -0.15) is 0 Å². The van der Waals surface area contributed by atoms with Gasteiger partial charge < -0.3 is 5.11 Å². The monoisotopic (exact) mass is 234 g/mol. The van der Waals surface area contributed by atoms with Gasteiger partial charge in [0.15, 0.2) is 0 Å². The highest BCUT2D eigenvalue weighted by Gasteiger charge is 2.59. The molecule has 3 unspecified atom stereocenters. The fourth-order valence-electron chi connectivity index (χ4n) is 4.97. The molecule has 0 aromatic rings. The van der Waals surface area contributed by atoms with Crippen LogP contribution in [0.2, 0.25) is 0 Å². The summed E-state index contributed by atoms with van der Waals surface area (Å²) in [5.41, 5.74) is 0.647. The van der Waals surface area contributed by atoms with Crippen molar-refractivity contribution in [2.75, 3.05) is 0 Å². The number of rotatable bonds is 3. The molecule has 0 aliphatic heterocycles. The van der Waals surface area contributed by atoms with Crippen LogP contribution in [0.5, 0.6) is 0 Å². The number of carbonyl (C=O) groups is 1. The van der Waals surface area contributed by atoms with Gasteiger partial charge in [-0.05, 0) is 48.9 Å². The predicted octanol–water partition coefficient (Wildman–Crippen LogP) is 3.62. The van der Waals surface area contributed by atoms with E-state index in [0.717, 1.165) is 12.8 Å². The van der Waals surface area contributed by atoms with E-state index in [1.165, 1.54) is 32.1 Å². The van der Waals surface area contributed by atoms with Crippen LogP contribution < -0.4 is 0 Å². The third kappa shape index (κ3) is 1.36. The zero-order chi connectivity index (χ0) is 12.1. The Morgan fingerprint density at radius 2 is 2.06 bits per heavy atom. The van der Waals surface area contributed by atoms with Crippen molar-refractivity contribution in [1.82, 2.24) is 0 Å². The Kier molecular flexibility index (Phi) is 2.39. The first-order chi connectivity index (χ1) is 8.12. The molecule has 0 saturated heterocycles. The third-order valence-corrected chi connectivity index (χ3v) is 5.97. The number of carboxylic acid groups (broad SMARTS) is 1. The zero-order valence-electron chi connectivity index (χ0n) is 10.6. The van der Waals surface area contributed by atoms with E-state index in [1.54, 1.807) is 0 Å². The average molecular weight is 234 g/mol. The molecule has 0 spiro atoms. The Balaban J connectivity index is 1.93. The van der Waals surface area contributed by atoms with Gasteiger partial charge in [-0.25, -0.2) is 0 Å². The molecular formula is C15H22O2. The zero-order valence-corrected chi connectivity index (χ0v) is 10.6. The summed E-state index contributed by atoms with van der Waals surface area (Å²) in [6.45, 7) is 2.30. The molecule has 0 aromatic heterocycles. The van der Waals surface area contributed by atoms with Crippen molar-refractivity contribution in [3.63, 3.8) is 0 Å². The minimum Gasteiger partial charge on any atom is -0.481 e. The van der Waals surface area contributed by atoms with Gasteiger partial charge in [0.25, 0.3) is 0 Å². The Morgan fingerprint density at radius 3 is 2.59 bits per heavy atom. The van der Waals surface area contributed by atoms with Crippen LogP contribution >= 0.6 is 0 Å². The first kappa shape index (κ1) is 11.3. The molecule has 2 saturated carbocycles. The molecule has 3 rings (SSSR count). The third-order valence-electron chi connectivity index (χ3n) is 5.97. The van der Waals surface area contributed by atoms with E-state index in [2.05, 4.69) is 19.1 Å². The van der Waals surface area contributed by atoms with Crippen LogP contribution in [-0.4, -0.2) is 11.1 Å². The quantitative estimate of drug-likeness (QED) is 0.757. The molecule has 2 nitrogen and oxygen atoms in total. The second kappa shape index (κ2) is 3.60. The molecule has 94 valence electrons. The lowest BCUT2D eigenvalue weighted by Gasteiger charge is -2.44. The minimum atomic E-state index is -0.578. The van der Waals surface area contributed by atoms with Gasteiger partial charge in [-0.3, -0.25) is 4.79 Å². The lowest BCUT2D eigenvalue weighted by molar-refractivity contribution is -0.142. The van der Waals surface area contributed by atoms with Crippen LogP contribution in [-0.2, 0) is 4.79 Å². The molecule has 0 amide bonds. The number of hydrogen-bond donors (Lipinski definition) is 1. The maximum Gasteiger partial charge on any atom is 0.307 e. The summed E-state index contributed by atoms with van der Waals surface area (Å²) in [6.07, 6.45) is 13.1. The van der Waals surface area contributed by atoms with Crippen LogP contribution in [0.3, 0.4) is 0 Å². The summed E-state index contributed by atoms with van der Waals surface area (Å²) in [6, 6.07) is 0. The standard InChI is InChI=1S/C15H22O2/c1-2-14(6-3-4-7-14)15-8-5-11(9-15)12(10-15)13(16)17/h5,8,11-12H,2-4,6-7,9-10H2,1H3,(H,16,17). The fraction of sp³-hybridized carbons (Fsp3) is 0.800. The van der Waals surface area contributed by atoms with Crippen molar-refractivity contribution >= 4 is 5.97 Å². The number of allylic oxidation sites excluding steroid dienone is 2. The second-order valence-electron chi connectivity index (χ2n) is 6.37. The highest BCUT2D eigenvalue weighted by Crippen LogP contribution is 2.66. The Hall–Kier alpha value is -0.790. The Morgan fingerprint density at radius 1 is 1.35 bits per heavy atom. The lowest BCUT2D eigenvalue weighted by Crippen LogP contribution is -2.36. The van der Waals surface area contributed by atoms with E-state index >= 15 is 0 Å². The van der Waals surface area contributed by atoms with Crippen molar-refractivity contribution in [3.8, 4) is 0 Å². The van der Waals surface area contributed by atoms with Crippen molar-refractivity contribution < 1.29 is 9.90 Å². The first-order valence-electron chi connectivity index (χ1n) is 7.05. The summed E-state index contributed by atoms with van der Waals surface area (Å²) in [5.74, 6) is -0.369. The summed E-state index contributed by atoms with van der Waals surface area (Å²) in [5, 5.41) is 9.32. The van der Waals surface area contributed by atoms with E-state index < -0.39 is 5.97 Å². The molecule has 3 atom stereocenters. The maximum absolute atomic E-state index is 11.3. The van der Waals surface area contributed by atoms with E-state index in [1.807, 2.05) is 0 Å². The van der Waals surface area contributed by atoms with Gasteiger partial charge in [-0.1, -0.05) is 31.9 Å². The smallest absolute Gasteiger partial charge is 0.307 e. The van der Waals surface area contributed by atoms with Gasteiger partial charge in [0.2, 0.25) is 0 Å². The van der Waals surface area contributed by atoms with Gasteiger partial charge in [0.1, 0.15) is 0 Å². The van der Waals surface area contributed by atoms with Gasteiger partial charge in [0, 0.05) is 0 Å². The van der Waals surface area contributed by atoms with Crippen molar-refractivity contribution in [3.05, 3.63) is 12.2 Å². The lowest BCUT2D eigenvalue weighted by atomic mass is 9.60. The van der Waals surface area contributed by atoms with Crippen molar-refractivity contribution in [2.24, 2.45) is 22.7 Å². The van der Waals surface area contributed by atoms with Crippen LogP contribution in [0, 0.1) is 22.7 Å². The van der Waals surface area contributed by atoms with Crippen LogP contribution in [0.4, 0.5) is 0 Å². The molecule has 0 heterocycles. The fourth-order valence-corrected chi connectivity index (χ4v) is 4.97. The Labute approximate surface area is 103 Å². The van der Waals surface area contributed by atoms with Crippen molar-refractivity contribution in [2.45, 2.75) is 51.9 Å². The highest BCUT2D eigenvalue weighted by atomic mass is 16.4. The van der Waals surface area contributed by atoms with Crippen LogP contribution in [0.25, 0.3) is 0 Å². The average Bonchev–Trinajstić information content (AvgIpc) is 3.03. The molecule has 17 heavy (non-hydrogen) atoms. The summed E-state index contributed by atoms with van der Waals surface area (Å²) in [4.78, 5) is 11.3. The Bertz CT molecular complexity index is 365. The molecule has 2 fully saturated rings. The van der Waals surface area contributed by atoms with Crippen LogP contribution in [0.15, 0.2) is 12.2 Å². The van der Waals surface area contributed by atoms with Gasteiger partial charge >= 0.3 is 5.97 Å². The summed E-state index contributed by atoms with van der Waals surface area (Å²) >= 11 is 0. The molecule has 3 aliphatic carbocycles. The van der Waals surface area contributed by atoms with Gasteiger partial charge in [0.05, 0.1) is 5.92 Å². The van der Waals surface area contributed by atoms with Crippen LogP contribution in [0.1, 0.15) is 51.9 Å². The molecule has 2 bridgehead atoms. The maximum atomic E-state index is 11.3. The van der Waals surface area contributed by atoms with E-state index in [-0.39, 0.29) is 11.3 Å². The van der Waals surface area contributed by atoms with E-state index in [0.29, 0.717) is 11.3 Å². The van der Waals surface area contributed by atoms with E-state index in [4.69, 9.17) is 0 Å². The molecular weight excluding hydrogens is 212 g/mol. The second-order valence-corrected chi connectivity index (χ2v) is 6.37. The topological polar surface area (TPSA) is 37.3 Å². The van der Waals surface area contributed by atoms with E-state index in [9.17, 15) is 9.90 Å². The summed E-state index contributed by atoms with van der Waals surface area (Å²) < 4.78 is 0. The predicted molar refractivity (Wildman–Crippen MR) is 66.6 cm³/mol. The molecule has 0 aromatic carbocycles. The normalized spacial score (nSPS) is 42.2. The molecule has 1 N–H and O–H groups in total. The number of hydrogen-bond acceptors (Lipinski definition) is 1. The number of carboxylic acids is 1. The first-order valence-corrected chi connectivity index (χ1v) is 7.05. The van der Waals surface area contributed by atoms with Crippen molar-refractivity contribution in [1.29, 1.82) is 0 Å². The molecule has 2 heteroatoms. The molecule has 0 radical (unpaired) electrons. The minimum absolute atomic E-state index is 0.107. The summed E-state index contributed by atoms with van der Waals surface area (Å²) in [7, 11) is 0. The largest absolute Gasteiger partial charge is 0.481 e. The molecule has 3 aliphatic rings. The highest BCUT2D eigenvalue weighted by molar-refractivity contribution is 5.72. The number of aliphatic carboxylic acids is 1. The SMILES string of the molecule is CCC1(C23C=CC(C2)C(C(=O)O)C3)CCCC1. The van der Waals surface area contributed by atoms with Gasteiger partial charge in [-0.15, -0.1) is 0 Å². The number of fused-ring (bicyclic) bond motifs is 2.